The van der Waals surface area contributed by atoms with Crippen molar-refractivity contribution >= 4 is 5.91 Å². The number of amides is 1. The number of hydrogen-bond donors (Lipinski definition) is 1. The van der Waals surface area contributed by atoms with Crippen LogP contribution in [0.15, 0.2) is 0 Å². The molecule has 1 amide bonds. The van der Waals surface area contributed by atoms with Crippen molar-refractivity contribution in [2.45, 2.75) is 51.7 Å². The first kappa shape index (κ1) is 13.8. The summed E-state index contributed by atoms with van der Waals surface area (Å²) in [5, 5.41) is 0. The molecule has 4 nitrogen and oxygen atoms in total. The SMILES string of the molecule is CCC1CN(C(=O)C2CCC(C)C(N)C2)CCO1. The molecule has 0 aromatic carbocycles. The maximum Gasteiger partial charge on any atom is 0.225 e. The van der Waals surface area contributed by atoms with E-state index in [-0.39, 0.29) is 18.1 Å². The van der Waals surface area contributed by atoms with E-state index in [1.54, 1.807) is 0 Å². The lowest BCUT2D eigenvalue weighted by molar-refractivity contribution is -0.144. The molecule has 4 heteroatoms. The van der Waals surface area contributed by atoms with Gasteiger partial charge in [-0.2, -0.15) is 0 Å². The van der Waals surface area contributed by atoms with E-state index in [9.17, 15) is 4.79 Å². The van der Waals surface area contributed by atoms with Crippen LogP contribution in [0.5, 0.6) is 0 Å². The molecule has 0 spiro atoms. The summed E-state index contributed by atoms with van der Waals surface area (Å²) in [6.07, 6.45) is 4.14. The molecule has 1 saturated heterocycles. The quantitative estimate of drug-likeness (QED) is 0.810. The van der Waals surface area contributed by atoms with Crippen molar-refractivity contribution in [1.82, 2.24) is 4.90 Å². The van der Waals surface area contributed by atoms with Crippen LogP contribution in [-0.4, -0.2) is 42.6 Å². The summed E-state index contributed by atoms with van der Waals surface area (Å²) in [4.78, 5) is 14.5. The van der Waals surface area contributed by atoms with Crippen molar-refractivity contribution < 1.29 is 9.53 Å². The smallest absolute Gasteiger partial charge is 0.225 e. The third-order valence-electron chi connectivity index (χ3n) is 4.51. The van der Waals surface area contributed by atoms with Gasteiger partial charge in [0.2, 0.25) is 5.91 Å². The number of nitrogens with zero attached hydrogens (tertiary/aromatic N) is 1. The molecule has 1 saturated carbocycles. The Hall–Kier alpha value is -0.610. The largest absolute Gasteiger partial charge is 0.375 e. The fourth-order valence-electron chi connectivity index (χ4n) is 3.01. The van der Waals surface area contributed by atoms with E-state index < -0.39 is 0 Å². The second kappa shape index (κ2) is 6.02. The summed E-state index contributed by atoms with van der Waals surface area (Å²) in [5.74, 6) is 1.01. The second-order valence-corrected chi connectivity index (χ2v) is 5.84. The first-order valence-corrected chi connectivity index (χ1v) is 7.27. The number of carbonyl (C=O) groups excluding carboxylic acids is 1. The van der Waals surface area contributed by atoms with Gasteiger partial charge >= 0.3 is 0 Å². The van der Waals surface area contributed by atoms with Crippen LogP contribution in [0, 0.1) is 11.8 Å². The van der Waals surface area contributed by atoms with Gasteiger partial charge in [0.05, 0.1) is 12.7 Å². The van der Waals surface area contributed by atoms with E-state index in [0.717, 1.165) is 38.8 Å². The lowest BCUT2D eigenvalue weighted by Crippen LogP contribution is -2.49. The van der Waals surface area contributed by atoms with E-state index in [1.165, 1.54) is 0 Å². The molecule has 1 aliphatic carbocycles. The van der Waals surface area contributed by atoms with Crippen LogP contribution < -0.4 is 5.73 Å². The molecule has 0 radical (unpaired) electrons. The van der Waals surface area contributed by atoms with Crippen LogP contribution in [0.1, 0.15) is 39.5 Å². The molecule has 2 N–H and O–H groups in total. The van der Waals surface area contributed by atoms with Gasteiger partial charge in [-0.25, -0.2) is 0 Å². The van der Waals surface area contributed by atoms with Gasteiger partial charge in [0.25, 0.3) is 0 Å². The Bertz CT molecular complexity index is 288. The molecule has 0 bridgehead atoms. The second-order valence-electron chi connectivity index (χ2n) is 5.84. The standard InChI is InChI=1S/C14H26N2O2/c1-3-12-9-16(6-7-18-12)14(17)11-5-4-10(2)13(15)8-11/h10-13H,3-9,15H2,1-2H3. The minimum atomic E-state index is 0.145. The first-order valence-electron chi connectivity index (χ1n) is 7.27. The molecule has 18 heavy (non-hydrogen) atoms. The molecule has 4 unspecified atom stereocenters. The molecule has 104 valence electrons. The van der Waals surface area contributed by atoms with Crippen LogP contribution in [0.4, 0.5) is 0 Å². The van der Waals surface area contributed by atoms with E-state index in [0.29, 0.717) is 18.4 Å². The zero-order valence-corrected chi connectivity index (χ0v) is 11.6. The third-order valence-corrected chi connectivity index (χ3v) is 4.51. The van der Waals surface area contributed by atoms with E-state index >= 15 is 0 Å². The molecule has 2 fully saturated rings. The van der Waals surface area contributed by atoms with Gasteiger partial charge in [0.15, 0.2) is 0 Å². The Morgan fingerprint density at radius 3 is 2.89 bits per heavy atom. The van der Waals surface area contributed by atoms with E-state index in [4.69, 9.17) is 10.5 Å². The molecule has 1 heterocycles. The van der Waals surface area contributed by atoms with Gasteiger partial charge in [0, 0.05) is 25.0 Å². The molecule has 2 aliphatic rings. The van der Waals surface area contributed by atoms with Gasteiger partial charge < -0.3 is 15.4 Å². The Balaban J connectivity index is 1.90. The molecule has 4 atom stereocenters. The van der Waals surface area contributed by atoms with Crippen LogP contribution in [-0.2, 0) is 9.53 Å². The predicted octanol–water partition coefficient (Wildman–Crippen LogP) is 1.39. The minimum Gasteiger partial charge on any atom is -0.375 e. The highest BCUT2D eigenvalue weighted by Gasteiger charge is 2.33. The van der Waals surface area contributed by atoms with Gasteiger partial charge in [-0.05, 0) is 31.6 Å². The molecular formula is C14H26N2O2. The Morgan fingerprint density at radius 1 is 1.44 bits per heavy atom. The van der Waals surface area contributed by atoms with Crippen molar-refractivity contribution in [1.29, 1.82) is 0 Å². The maximum absolute atomic E-state index is 12.5. The Kier molecular flexibility index (Phi) is 4.62. The summed E-state index contributed by atoms with van der Waals surface area (Å²) in [5.41, 5.74) is 6.09. The molecule has 2 rings (SSSR count). The number of hydrogen-bond acceptors (Lipinski definition) is 3. The Morgan fingerprint density at radius 2 is 2.22 bits per heavy atom. The average molecular weight is 254 g/mol. The van der Waals surface area contributed by atoms with Crippen LogP contribution >= 0.6 is 0 Å². The number of carbonyl (C=O) groups is 1. The van der Waals surface area contributed by atoms with Crippen LogP contribution in [0.25, 0.3) is 0 Å². The highest BCUT2D eigenvalue weighted by atomic mass is 16.5. The molecule has 0 aromatic rings. The summed E-state index contributed by atoms with van der Waals surface area (Å²) in [6, 6.07) is 0.190. The number of morpholine rings is 1. The van der Waals surface area contributed by atoms with Crippen molar-refractivity contribution in [3.63, 3.8) is 0 Å². The van der Waals surface area contributed by atoms with Gasteiger partial charge in [-0.3, -0.25) is 4.79 Å². The zero-order valence-electron chi connectivity index (χ0n) is 11.6. The van der Waals surface area contributed by atoms with Crippen molar-refractivity contribution in [2.75, 3.05) is 19.7 Å². The molecular weight excluding hydrogens is 228 g/mol. The highest BCUT2D eigenvalue weighted by Crippen LogP contribution is 2.29. The lowest BCUT2D eigenvalue weighted by Gasteiger charge is -2.38. The topological polar surface area (TPSA) is 55.6 Å². The summed E-state index contributed by atoms with van der Waals surface area (Å²) in [7, 11) is 0. The first-order chi connectivity index (χ1) is 8.61. The van der Waals surface area contributed by atoms with Gasteiger partial charge in [-0.1, -0.05) is 13.8 Å². The molecule has 0 aromatic heterocycles. The predicted molar refractivity (Wildman–Crippen MR) is 71.1 cm³/mol. The van der Waals surface area contributed by atoms with E-state index in [2.05, 4.69) is 13.8 Å². The fourth-order valence-corrected chi connectivity index (χ4v) is 3.01. The summed E-state index contributed by atoms with van der Waals surface area (Å²) in [6.45, 7) is 6.48. The Labute approximate surface area is 110 Å². The minimum absolute atomic E-state index is 0.145. The van der Waals surface area contributed by atoms with Gasteiger partial charge in [-0.15, -0.1) is 0 Å². The molecule has 1 aliphatic heterocycles. The van der Waals surface area contributed by atoms with E-state index in [1.807, 2.05) is 4.90 Å². The number of ether oxygens (including phenoxy) is 1. The highest BCUT2D eigenvalue weighted by molar-refractivity contribution is 5.79. The number of rotatable bonds is 2. The zero-order chi connectivity index (χ0) is 13.1. The van der Waals surface area contributed by atoms with Gasteiger partial charge in [0.1, 0.15) is 0 Å². The van der Waals surface area contributed by atoms with Crippen molar-refractivity contribution in [2.24, 2.45) is 17.6 Å². The van der Waals surface area contributed by atoms with Crippen molar-refractivity contribution in [3.05, 3.63) is 0 Å². The monoisotopic (exact) mass is 254 g/mol. The van der Waals surface area contributed by atoms with Crippen molar-refractivity contribution in [3.8, 4) is 0 Å². The summed E-state index contributed by atoms with van der Waals surface area (Å²) >= 11 is 0. The normalized spacial score (nSPS) is 37.6. The summed E-state index contributed by atoms with van der Waals surface area (Å²) < 4.78 is 5.61. The fraction of sp³-hybridized carbons (Fsp3) is 0.929. The maximum atomic E-state index is 12.5. The van der Waals surface area contributed by atoms with Crippen LogP contribution in [0.3, 0.4) is 0 Å². The number of nitrogens with two attached hydrogens (primary N) is 1. The third kappa shape index (κ3) is 3.04. The van der Waals surface area contributed by atoms with Crippen LogP contribution in [0.2, 0.25) is 0 Å². The lowest BCUT2D eigenvalue weighted by atomic mass is 9.79. The average Bonchev–Trinajstić information content (AvgIpc) is 2.41.